The van der Waals surface area contributed by atoms with E-state index in [4.69, 9.17) is 0 Å². The van der Waals surface area contributed by atoms with Crippen molar-refractivity contribution >= 4 is 23.6 Å². The van der Waals surface area contributed by atoms with Crippen LogP contribution in [0.1, 0.15) is 0 Å². The van der Waals surface area contributed by atoms with Crippen molar-refractivity contribution in [1.82, 2.24) is 21.3 Å². The van der Waals surface area contributed by atoms with E-state index in [0.29, 0.717) is 0 Å². The van der Waals surface area contributed by atoms with Gasteiger partial charge in [-0.15, -0.1) is 0 Å². The van der Waals surface area contributed by atoms with Gasteiger partial charge in [-0.3, -0.25) is 19.2 Å². The summed E-state index contributed by atoms with van der Waals surface area (Å²) in [6, 6.07) is -1.01. The standard InChI is InChI=1S/C9H13N4O4.Rf/c1-5-9(17)12-3-7(15)10-2-6(14)11-4-8(16)13-5;/h5H,1-4H2,(H,10,15)(H,11,14)(H,12,17)(H,13,16);/q-1;. The third-order valence-electron chi connectivity index (χ3n) is 1.97. The summed E-state index contributed by atoms with van der Waals surface area (Å²) in [6.07, 6.45) is 0. The molecule has 0 aromatic carbocycles. The molecule has 1 aliphatic heterocycles. The summed E-state index contributed by atoms with van der Waals surface area (Å²) >= 11 is 0. The summed E-state index contributed by atoms with van der Waals surface area (Å²) in [5.41, 5.74) is 0. The fourth-order valence-electron chi connectivity index (χ4n) is 1.08. The van der Waals surface area contributed by atoms with Crippen LogP contribution in [0.15, 0.2) is 0 Å². The van der Waals surface area contributed by atoms with Crippen molar-refractivity contribution in [2.24, 2.45) is 0 Å². The topological polar surface area (TPSA) is 116 Å². The summed E-state index contributed by atoms with van der Waals surface area (Å²) in [4.78, 5) is 44.8. The molecule has 0 aliphatic carbocycles. The molecule has 1 fully saturated rings. The monoisotopic (exact) mass is 508 g/mol. The van der Waals surface area contributed by atoms with E-state index in [9.17, 15) is 19.2 Å². The van der Waals surface area contributed by atoms with Crippen LogP contribution in [0.4, 0.5) is 0 Å². The molecule has 0 spiro atoms. The third kappa shape index (κ3) is 4.60. The van der Waals surface area contributed by atoms with E-state index in [1.165, 1.54) is 0 Å². The minimum absolute atomic E-state index is 0. The van der Waals surface area contributed by atoms with Crippen molar-refractivity contribution in [1.29, 1.82) is 0 Å². The Bertz CT molecular complexity index is 360. The fourth-order valence-corrected chi connectivity index (χ4v) is 1.08. The Labute approximate surface area is 97.5 Å². The number of nitrogens with one attached hydrogen (secondary N) is 4. The maximum absolute atomic E-state index is 11.3. The second-order valence-corrected chi connectivity index (χ2v) is 3.39. The molecule has 0 aromatic rings. The van der Waals surface area contributed by atoms with Crippen molar-refractivity contribution in [3.63, 3.8) is 0 Å². The Morgan fingerprint density at radius 3 is 1.83 bits per heavy atom. The van der Waals surface area contributed by atoms with Gasteiger partial charge < -0.3 is 28.2 Å². The molecule has 96 valence electrons. The largest absolute Gasteiger partial charge is 0.373 e. The van der Waals surface area contributed by atoms with Crippen LogP contribution in [0, 0.1) is 6.92 Å². The molecule has 4 amide bonds. The fraction of sp³-hybridized carbons (Fsp3) is 0.444. The Balaban J connectivity index is 0.00000289. The van der Waals surface area contributed by atoms with Gasteiger partial charge in [-0.2, -0.15) is 0 Å². The normalized spacial score (nSPS) is 22.2. The zero-order chi connectivity index (χ0) is 12.8. The van der Waals surface area contributed by atoms with Crippen molar-refractivity contribution in [3.8, 4) is 0 Å². The zero-order valence-corrected chi connectivity index (χ0v) is 16.1. The van der Waals surface area contributed by atoms with Gasteiger partial charge in [-0.25, -0.2) is 0 Å². The molecule has 0 saturated carbocycles. The Hall–Kier alpha value is -3.12. The molecule has 1 rings (SSSR count). The number of hydrogen-bond donors (Lipinski definition) is 4. The molecule has 1 saturated heterocycles. The van der Waals surface area contributed by atoms with Gasteiger partial charge in [-0.1, -0.05) is 0 Å². The van der Waals surface area contributed by atoms with Crippen LogP contribution in [-0.4, -0.2) is 49.3 Å². The molecule has 1 aliphatic rings. The first-order chi connectivity index (χ1) is 7.99. The van der Waals surface area contributed by atoms with Gasteiger partial charge in [-0.05, 0) is 6.04 Å². The van der Waals surface area contributed by atoms with Gasteiger partial charge >= 0.3 is 0 Å². The van der Waals surface area contributed by atoms with Crippen LogP contribution in [0.3, 0.4) is 0 Å². The van der Waals surface area contributed by atoms with Gasteiger partial charge in [0.25, 0.3) is 0 Å². The van der Waals surface area contributed by atoms with E-state index in [0.717, 1.165) is 0 Å². The molecule has 8 nitrogen and oxygen atoms in total. The molecule has 4 N–H and O–H groups in total. The van der Waals surface area contributed by atoms with Crippen LogP contribution < -0.4 is 21.3 Å². The molecule has 0 bridgehead atoms. The number of hydrogen-bond acceptors (Lipinski definition) is 4. The minimum Gasteiger partial charge on any atom is -0.373 e. The summed E-state index contributed by atoms with van der Waals surface area (Å²) in [6.45, 7) is 2.63. The second kappa shape index (κ2) is 6.46. The van der Waals surface area contributed by atoms with Crippen molar-refractivity contribution in [2.45, 2.75) is 6.04 Å². The Kier molecular flexibility index (Phi) is 5.34. The molecular weight excluding hydrogens is 495 g/mol. The summed E-state index contributed by atoms with van der Waals surface area (Å²) in [5, 5.41) is 9.11. The molecule has 0 aromatic heterocycles. The molecular formula is C9H13N4O4Rf-. The predicted molar refractivity (Wildman–Crippen MR) is 56.3 cm³/mol. The smallest absolute Gasteiger partial charge is 0.239 e. The Morgan fingerprint density at radius 2 is 1.28 bits per heavy atom. The van der Waals surface area contributed by atoms with Gasteiger partial charge in [0.15, 0.2) is 0 Å². The molecule has 1 atom stereocenters. The van der Waals surface area contributed by atoms with Gasteiger partial charge in [0.1, 0.15) is 0 Å². The van der Waals surface area contributed by atoms with E-state index < -0.39 is 29.7 Å². The zero-order valence-electron chi connectivity index (χ0n) is 9.75. The van der Waals surface area contributed by atoms with Crippen LogP contribution >= 0.6 is 0 Å². The average molecular weight is 508 g/mol. The molecule has 1 heterocycles. The second-order valence-electron chi connectivity index (χ2n) is 3.39. The third-order valence-corrected chi connectivity index (χ3v) is 1.97. The van der Waals surface area contributed by atoms with E-state index in [2.05, 4.69) is 28.2 Å². The van der Waals surface area contributed by atoms with Crippen LogP contribution in [0.2, 0.25) is 0 Å². The van der Waals surface area contributed by atoms with E-state index in [1.807, 2.05) is 0 Å². The van der Waals surface area contributed by atoms with Crippen LogP contribution in [0.25, 0.3) is 0 Å². The van der Waals surface area contributed by atoms with E-state index >= 15 is 0 Å². The van der Waals surface area contributed by atoms with Gasteiger partial charge in [0.2, 0.25) is 23.6 Å². The quantitative estimate of drug-likeness (QED) is 0.256. The molecule has 9 heteroatoms. The summed E-state index contributed by atoms with van der Waals surface area (Å²) in [5.74, 6) is -2.07. The van der Waals surface area contributed by atoms with Crippen molar-refractivity contribution in [2.75, 3.05) is 19.6 Å². The van der Waals surface area contributed by atoms with Crippen LogP contribution in [-0.2, 0) is 19.2 Å². The maximum atomic E-state index is 11.3. The summed E-state index contributed by atoms with van der Waals surface area (Å²) < 4.78 is 0. The predicted octanol–water partition coefficient (Wildman–Crippen LogP) is -3.33. The number of carbonyl (C=O) groups is 4. The number of carbonyl (C=O) groups excluding carboxylic acids is 4. The van der Waals surface area contributed by atoms with Crippen LogP contribution in [0.5, 0.6) is 0 Å². The molecule has 18 heavy (non-hydrogen) atoms. The SMILES string of the molecule is [CH2-]C1NC(=O)CNC(=O)CNC(=O)CNC1=O.[Rf]. The summed E-state index contributed by atoms with van der Waals surface area (Å²) in [7, 11) is 0. The minimum atomic E-state index is -1.01. The number of amides is 4. The van der Waals surface area contributed by atoms with Gasteiger partial charge in [0.05, 0.1) is 19.6 Å². The first-order valence-electron chi connectivity index (χ1n) is 4.92. The van der Waals surface area contributed by atoms with Crippen molar-refractivity contribution < 1.29 is 19.2 Å². The van der Waals surface area contributed by atoms with E-state index in [1.54, 1.807) is 0 Å². The van der Waals surface area contributed by atoms with Crippen molar-refractivity contribution in [3.05, 3.63) is 6.92 Å². The first-order valence-corrected chi connectivity index (χ1v) is 4.92. The number of rotatable bonds is 0. The average Bonchev–Trinajstić information content (AvgIpc) is 2.29. The first kappa shape index (κ1) is 14.9. The molecule has 1 unspecified atom stereocenters. The maximum Gasteiger partial charge on any atom is 0.239 e. The van der Waals surface area contributed by atoms with Gasteiger partial charge in [0, 0.05) is 0 Å². The Morgan fingerprint density at radius 1 is 0.833 bits per heavy atom. The molecule has 0 radical (unpaired) electrons. The van der Waals surface area contributed by atoms with E-state index in [-0.39, 0.29) is 19.6 Å².